The van der Waals surface area contributed by atoms with E-state index in [1.807, 2.05) is 0 Å². The zero-order chi connectivity index (χ0) is 63.6. The monoisotopic (exact) mass is 1110 g/mol. The summed E-state index contributed by atoms with van der Waals surface area (Å²) in [6, 6.07) is 0. The molecular weight excluding hydrogens is 1030 g/mol. The number of ether oxygens (including phenoxy) is 6. The van der Waals surface area contributed by atoms with Crippen LogP contribution in [-0.2, 0) is 81.2 Å². The zero-order valence-corrected chi connectivity index (χ0v) is 46.5. The summed E-state index contributed by atoms with van der Waals surface area (Å²) in [7, 11) is 0. The molecule has 0 saturated heterocycles. The minimum absolute atomic E-state index is 0.0839. The number of hydrogen-bond acceptors (Lipinski definition) is 18. The standard InChI is InChI=1S/C30H42O12.6C4H6O2/c1-19(2)24(32)38-14-29(11-31,15-39-25(33)20(3)4)12-37-13-30(16-40-26(34)21(5)6,17-41-27(35)22(7)8)18-42-28(36)23(9)10;6*1-3(2)4(5)6/h31H,1,3,5,7,9,11-18H2,2,4,6,8,10H3;6*1H2,2H3,(H,5,6). The highest BCUT2D eigenvalue weighted by atomic mass is 16.6. The van der Waals surface area contributed by atoms with Crippen LogP contribution in [0, 0.1) is 10.8 Å². The molecule has 0 amide bonds. The molecule has 438 valence electrons. The number of aliphatic hydroxyl groups is 1. The molecule has 0 aromatic rings. The van der Waals surface area contributed by atoms with E-state index in [9.17, 15) is 57.8 Å². The molecule has 0 bridgehead atoms. The van der Waals surface area contributed by atoms with Crippen LogP contribution in [0.25, 0.3) is 0 Å². The lowest BCUT2D eigenvalue weighted by Gasteiger charge is -2.35. The summed E-state index contributed by atoms with van der Waals surface area (Å²) < 4.78 is 32.3. The molecule has 0 aromatic carbocycles. The summed E-state index contributed by atoms with van der Waals surface area (Å²) in [6.45, 7) is 48.7. The lowest BCUT2D eigenvalue weighted by molar-refractivity contribution is -0.168. The van der Waals surface area contributed by atoms with Crippen molar-refractivity contribution >= 4 is 65.7 Å². The molecule has 0 unspecified atom stereocenters. The molecule has 0 aliphatic carbocycles. The van der Waals surface area contributed by atoms with Crippen molar-refractivity contribution in [1.29, 1.82) is 0 Å². The van der Waals surface area contributed by atoms with Gasteiger partial charge in [-0.05, 0) is 76.2 Å². The first-order valence-corrected chi connectivity index (χ1v) is 21.9. The van der Waals surface area contributed by atoms with Gasteiger partial charge in [-0.2, -0.15) is 0 Å². The fourth-order valence-electron chi connectivity index (χ4n) is 2.71. The third-order valence-electron chi connectivity index (χ3n) is 7.63. The molecule has 0 rings (SSSR count). The lowest BCUT2D eigenvalue weighted by Crippen LogP contribution is -2.46. The van der Waals surface area contributed by atoms with Crippen molar-refractivity contribution in [2.24, 2.45) is 10.8 Å². The average molecular weight is 1110 g/mol. The van der Waals surface area contributed by atoms with Gasteiger partial charge in [0.05, 0.1) is 30.7 Å². The number of aliphatic carboxylic acids is 6. The highest BCUT2D eigenvalue weighted by Gasteiger charge is 2.40. The van der Waals surface area contributed by atoms with Crippen LogP contribution in [0.5, 0.6) is 0 Å². The van der Waals surface area contributed by atoms with E-state index in [0.29, 0.717) is 0 Å². The summed E-state index contributed by atoms with van der Waals surface area (Å²) in [5.74, 6) is -9.41. The topological polar surface area (TPSA) is 385 Å². The maximum atomic E-state index is 12.2. The highest BCUT2D eigenvalue weighted by Crippen LogP contribution is 2.26. The molecule has 24 heteroatoms. The lowest BCUT2D eigenvalue weighted by atomic mass is 9.90. The van der Waals surface area contributed by atoms with Crippen LogP contribution < -0.4 is 0 Å². The van der Waals surface area contributed by atoms with Crippen LogP contribution in [0.4, 0.5) is 0 Å². The van der Waals surface area contributed by atoms with E-state index in [1.54, 1.807) is 0 Å². The number of carboxylic acid groups (broad SMARTS) is 6. The molecule has 0 radical (unpaired) electrons. The van der Waals surface area contributed by atoms with Crippen molar-refractivity contribution in [3.63, 3.8) is 0 Å². The van der Waals surface area contributed by atoms with E-state index in [1.165, 1.54) is 76.2 Å². The van der Waals surface area contributed by atoms with Crippen LogP contribution in [0.1, 0.15) is 76.2 Å². The molecule has 0 saturated carbocycles. The van der Waals surface area contributed by atoms with Gasteiger partial charge in [0.2, 0.25) is 0 Å². The Balaban J connectivity index is -0.000000221. The van der Waals surface area contributed by atoms with Crippen molar-refractivity contribution < 1.29 is 117 Å². The SMILES string of the molecule is C=C(C)C(=O)O.C=C(C)C(=O)O.C=C(C)C(=O)O.C=C(C)C(=O)O.C=C(C)C(=O)O.C=C(C)C(=O)O.C=C(C)C(=O)OCC(CO)(COCC(COC(=O)C(=C)C)(COC(=O)C(=C)C)COC(=O)C(=C)C)COC(=O)C(=C)C. The Morgan fingerprint density at radius 2 is 0.397 bits per heavy atom. The quantitative estimate of drug-likeness (QED) is 0.0278. The maximum Gasteiger partial charge on any atom is 0.333 e. The fourth-order valence-corrected chi connectivity index (χ4v) is 2.71. The fraction of sp³-hybridized carbons (Fsp3) is 0.389. The summed E-state index contributed by atoms with van der Waals surface area (Å²) in [5, 5.41) is 57.6. The smallest absolute Gasteiger partial charge is 0.333 e. The maximum absolute atomic E-state index is 12.2. The highest BCUT2D eigenvalue weighted by molar-refractivity contribution is 5.90. The molecule has 0 aromatic heterocycles. The number of carbonyl (C=O) groups is 11. The van der Waals surface area contributed by atoms with Gasteiger partial charge in [-0.3, -0.25) is 0 Å². The molecule has 78 heavy (non-hydrogen) atoms. The van der Waals surface area contributed by atoms with Crippen molar-refractivity contribution in [3.05, 3.63) is 134 Å². The molecule has 0 atom stereocenters. The Morgan fingerprint density at radius 1 is 0.269 bits per heavy atom. The van der Waals surface area contributed by atoms with E-state index in [0.717, 1.165) is 0 Å². The third kappa shape index (κ3) is 50.7. The summed E-state index contributed by atoms with van der Waals surface area (Å²) in [6.07, 6.45) is 0. The predicted octanol–water partition coefficient (Wildman–Crippen LogP) is 6.45. The Morgan fingerprint density at radius 3 is 0.513 bits per heavy atom. The molecule has 7 N–H and O–H groups in total. The van der Waals surface area contributed by atoms with Gasteiger partial charge in [-0.25, -0.2) is 52.7 Å². The van der Waals surface area contributed by atoms with Gasteiger partial charge in [0.25, 0.3) is 0 Å². The molecule has 0 aliphatic rings. The van der Waals surface area contributed by atoms with Gasteiger partial charge in [0.15, 0.2) is 0 Å². The van der Waals surface area contributed by atoms with Gasteiger partial charge in [0.1, 0.15) is 33.0 Å². The Hall–Kier alpha value is -8.77. The van der Waals surface area contributed by atoms with Crippen LogP contribution in [0.15, 0.2) is 134 Å². The van der Waals surface area contributed by atoms with Gasteiger partial charge in [0, 0.05) is 61.3 Å². The second kappa shape index (κ2) is 44.5. The van der Waals surface area contributed by atoms with Crippen molar-refractivity contribution in [2.75, 3.05) is 52.9 Å². The Labute approximate surface area is 455 Å². The first-order valence-electron chi connectivity index (χ1n) is 21.9. The second-order valence-corrected chi connectivity index (χ2v) is 16.9. The first-order chi connectivity index (χ1) is 35.3. The molecule has 0 spiro atoms. The Bertz CT molecular complexity index is 1920. The summed E-state index contributed by atoms with van der Waals surface area (Å²) >= 11 is 0. The molecular formula is C54H78O24. The van der Waals surface area contributed by atoms with Crippen LogP contribution in [0.2, 0.25) is 0 Å². The zero-order valence-electron chi connectivity index (χ0n) is 46.5. The number of carboxylic acids is 6. The molecule has 0 fully saturated rings. The van der Waals surface area contributed by atoms with Crippen molar-refractivity contribution in [2.45, 2.75) is 76.2 Å². The summed E-state index contributed by atoms with van der Waals surface area (Å²) in [5.41, 5.74) is -1.43. The molecule has 0 aliphatic heterocycles. The minimum atomic E-state index is -1.47. The molecule has 0 heterocycles. The van der Waals surface area contributed by atoms with E-state index in [4.69, 9.17) is 59.1 Å². The van der Waals surface area contributed by atoms with E-state index in [2.05, 4.69) is 72.4 Å². The molecule has 24 nitrogen and oxygen atoms in total. The number of hydrogen-bond donors (Lipinski definition) is 7. The number of esters is 5. The van der Waals surface area contributed by atoms with Crippen LogP contribution >= 0.6 is 0 Å². The van der Waals surface area contributed by atoms with Crippen LogP contribution in [0.3, 0.4) is 0 Å². The predicted molar refractivity (Wildman–Crippen MR) is 286 cm³/mol. The number of rotatable bonds is 26. The first kappa shape index (κ1) is 83.2. The van der Waals surface area contributed by atoms with E-state index < -0.39 is 116 Å². The number of carbonyl (C=O) groups excluding carboxylic acids is 5. The summed E-state index contributed by atoms with van der Waals surface area (Å²) in [4.78, 5) is 118. The van der Waals surface area contributed by atoms with Gasteiger partial charge in [-0.1, -0.05) is 72.4 Å². The minimum Gasteiger partial charge on any atom is -0.478 e. The van der Waals surface area contributed by atoms with Gasteiger partial charge < -0.3 is 64.2 Å². The second-order valence-electron chi connectivity index (χ2n) is 16.9. The normalized spacial score (nSPS) is 9.38. The van der Waals surface area contributed by atoms with E-state index >= 15 is 0 Å². The van der Waals surface area contributed by atoms with E-state index in [-0.39, 0.29) is 74.5 Å². The average Bonchev–Trinajstić information content (AvgIpc) is 3.32. The van der Waals surface area contributed by atoms with Crippen LogP contribution in [-0.4, -0.2) is 154 Å². The van der Waals surface area contributed by atoms with Gasteiger partial charge >= 0.3 is 65.7 Å². The van der Waals surface area contributed by atoms with Crippen molar-refractivity contribution in [3.8, 4) is 0 Å². The Kier molecular flexibility index (Phi) is 47.5. The number of aliphatic hydroxyl groups excluding tert-OH is 1. The largest absolute Gasteiger partial charge is 0.478 e. The van der Waals surface area contributed by atoms with Gasteiger partial charge in [-0.15, -0.1) is 0 Å². The third-order valence-corrected chi connectivity index (χ3v) is 7.63. The van der Waals surface area contributed by atoms with Crippen molar-refractivity contribution in [1.82, 2.24) is 0 Å².